The topological polar surface area (TPSA) is 111 Å². The quantitative estimate of drug-likeness (QED) is 0.845. The summed E-state index contributed by atoms with van der Waals surface area (Å²) >= 11 is 0. The molecule has 0 amide bonds. The molecule has 120 valence electrons. The SMILES string of the molecule is CS(=O)(=O)c1ncc(OC2=NO[C@@H](c3ccc(O)cc3)C2)cn1. The number of phenolic OH excluding ortho intramolecular Hbond substituents is 1. The normalized spacial score (nSPS) is 17.4. The highest BCUT2D eigenvalue weighted by atomic mass is 32.2. The van der Waals surface area contributed by atoms with Gasteiger partial charge in [0.15, 0.2) is 11.9 Å². The Morgan fingerprint density at radius 2 is 1.87 bits per heavy atom. The van der Waals surface area contributed by atoms with Gasteiger partial charge in [0, 0.05) is 6.26 Å². The molecule has 0 unspecified atom stereocenters. The molecule has 9 heteroatoms. The summed E-state index contributed by atoms with van der Waals surface area (Å²) < 4.78 is 28.0. The smallest absolute Gasteiger partial charge is 0.246 e. The van der Waals surface area contributed by atoms with Gasteiger partial charge in [0.05, 0.1) is 18.8 Å². The first kappa shape index (κ1) is 15.2. The first-order chi connectivity index (χ1) is 10.9. The van der Waals surface area contributed by atoms with Crippen molar-refractivity contribution < 1.29 is 23.1 Å². The predicted molar refractivity (Wildman–Crippen MR) is 79.8 cm³/mol. The molecule has 1 N–H and O–H groups in total. The molecule has 0 radical (unpaired) electrons. The highest BCUT2D eigenvalue weighted by Gasteiger charge is 2.24. The molecule has 3 rings (SSSR count). The van der Waals surface area contributed by atoms with E-state index in [2.05, 4.69) is 15.1 Å². The molecule has 1 aliphatic heterocycles. The van der Waals surface area contributed by atoms with Gasteiger partial charge in [-0.25, -0.2) is 18.4 Å². The second kappa shape index (κ2) is 5.84. The van der Waals surface area contributed by atoms with E-state index in [1.54, 1.807) is 24.3 Å². The predicted octanol–water partition coefficient (Wildman–Crippen LogP) is 1.44. The second-order valence-electron chi connectivity index (χ2n) is 4.95. The number of hydrogen-bond acceptors (Lipinski definition) is 8. The molecule has 2 aromatic rings. The largest absolute Gasteiger partial charge is 0.508 e. The number of nitrogens with zero attached hydrogens (tertiary/aromatic N) is 3. The van der Waals surface area contributed by atoms with Crippen LogP contribution in [0.15, 0.2) is 47.0 Å². The van der Waals surface area contributed by atoms with Crippen LogP contribution in [-0.2, 0) is 14.7 Å². The number of oxime groups is 1. The van der Waals surface area contributed by atoms with E-state index in [0.717, 1.165) is 11.8 Å². The molecule has 0 fully saturated rings. The van der Waals surface area contributed by atoms with Crippen molar-refractivity contribution in [2.24, 2.45) is 5.16 Å². The van der Waals surface area contributed by atoms with E-state index in [9.17, 15) is 13.5 Å². The third-order valence-corrected chi connectivity index (χ3v) is 3.95. The number of benzene rings is 1. The van der Waals surface area contributed by atoms with Gasteiger partial charge in [0.1, 0.15) is 5.75 Å². The maximum Gasteiger partial charge on any atom is 0.246 e. The Labute approximate surface area is 132 Å². The maximum absolute atomic E-state index is 11.3. The summed E-state index contributed by atoms with van der Waals surface area (Å²) in [7, 11) is -3.45. The van der Waals surface area contributed by atoms with Gasteiger partial charge >= 0.3 is 0 Å². The molecule has 8 nitrogen and oxygen atoms in total. The van der Waals surface area contributed by atoms with E-state index < -0.39 is 9.84 Å². The Morgan fingerprint density at radius 3 is 2.48 bits per heavy atom. The van der Waals surface area contributed by atoms with Crippen LogP contribution in [0.2, 0.25) is 0 Å². The van der Waals surface area contributed by atoms with Gasteiger partial charge in [-0.2, -0.15) is 0 Å². The number of hydrogen-bond donors (Lipinski definition) is 1. The summed E-state index contributed by atoms with van der Waals surface area (Å²) in [5, 5.41) is 12.8. The highest BCUT2D eigenvalue weighted by Crippen LogP contribution is 2.29. The summed E-state index contributed by atoms with van der Waals surface area (Å²) in [4.78, 5) is 12.7. The standard InChI is InChI=1S/C14H13N3O5S/c1-23(19,20)14-15-7-11(8-16-14)21-13-6-12(22-17-13)9-2-4-10(18)5-3-9/h2-5,7-8,12,18H,6H2,1H3/t12-/m1/s1. The molecule has 2 heterocycles. The molecule has 0 saturated heterocycles. The van der Waals surface area contributed by atoms with E-state index in [4.69, 9.17) is 9.57 Å². The monoisotopic (exact) mass is 335 g/mol. The van der Waals surface area contributed by atoms with Crippen LogP contribution in [0.5, 0.6) is 11.5 Å². The van der Waals surface area contributed by atoms with Crippen molar-refractivity contribution in [3.63, 3.8) is 0 Å². The van der Waals surface area contributed by atoms with E-state index in [-0.39, 0.29) is 22.8 Å². The average Bonchev–Trinajstić information content (AvgIpc) is 2.96. The lowest BCUT2D eigenvalue weighted by atomic mass is 10.1. The fraction of sp³-hybridized carbons (Fsp3) is 0.214. The minimum atomic E-state index is -3.45. The second-order valence-corrected chi connectivity index (χ2v) is 6.86. The van der Waals surface area contributed by atoms with Crippen LogP contribution in [0.25, 0.3) is 0 Å². The van der Waals surface area contributed by atoms with Crippen LogP contribution < -0.4 is 4.74 Å². The molecule has 0 bridgehead atoms. The molecule has 0 saturated carbocycles. The number of rotatable bonds is 3. The number of phenols is 1. The molecule has 1 aromatic heterocycles. The number of ether oxygens (including phenoxy) is 1. The molecule has 1 atom stereocenters. The first-order valence-electron chi connectivity index (χ1n) is 6.63. The zero-order valence-electron chi connectivity index (χ0n) is 12.1. The molecular formula is C14H13N3O5S. The Hall–Kier alpha value is -2.68. The zero-order chi connectivity index (χ0) is 16.4. The highest BCUT2D eigenvalue weighted by molar-refractivity contribution is 7.90. The van der Waals surface area contributed by atoms with Gasteiger partial charge in [-0.05, 0) is 17.7 Å². The third-order valence-electron chi connectivity index (χ3n) is 3.08. The van der Waals surface area contributed by atoms with Crippen molar-refractivity contribution in [3.8, 4) is 11.5 Å². The van der Waals surface area contributed by atoms with Crippen LogP contribution in [0, 0.1) is 0 Å². The number of aromatic hydroxyl groups is 1. The average molecular weight is 335 g/mol. The van der Waals surface area contributed by atoms with Crippen molar-refractivity contribution in [2.75, 3.05) is 6.26 Å². The van der Waals surface area contributed by atoms with Crippen LogP contribution in [0.3, 0.4) is 0 Å². The first-order valence-corrected chi connectivity index (χ1v) is 8.52. The molecule has 0 aliphatic carbocycles. The van der Waals surface area contributed by atoms with Gasteiger partial charge in [-0.1, -0.05) is 17.3 Å². The van der Waals surface area contributed by atoms with Gasteiger partial charge in [0.25, 0.3) is 0 Å². The van der Waals surface area contributed by atoms with Crippen molar-refractivity contribution in [2.45, 2.75) is 17.7 Å². The van der Waals surface area contributed by atoms with Crippen molar-refractivity contribution in [1.29, 1.82) is 0 Å². The van der Waals surface area contributed by atoms with E-state index in [1.165, 1.54) is 12.4 Å². The minimum absolute atomic E-state index is 0.173. The Kier molecular flexibility index (Phi) is 3.87. The Morgan fingerprint density at radius 1 is 1.22 bits per heavy atom. The maximum atomic E-state index is 11.3. The summed E-state index contributed by atoms with van der Waals surface area (Å²) in [6.07, 6.45) is 3.65. The van der Waals surface area contributed by atoms with Crippen LogP contribution in [0.1, 0.15) is 18.1 Å². The van der Waals surface area contributed by atoms with Crippen LogP contribution in [-0.4, -0.2) is 35.6 Å². The zero-order valence-corrected chi connectivity index (χ0v) is 12.9. The molecule has 23 heavy (non-hydrogen) atoms. The number of aromatic nitrogens is 2. The van der Waals surface area contributed by atoms with Crippen molar-refractivity contribution in [1.82, 2.24) is 9.97 Å². The van der Waals surface area contributed by atoms with Crippen molar-refractivity contribution >= 4 is 15.7 Å². The lowest BCUT2D eigenvalue weighted by Crippen LogP contribution is -2.09. The van der Waals surface area contributed by atoms with Gasteiger partial charge in [-0.15, -0.1) is 0 Å². The summed E-state index contributed by atoms with van der Waals surface area (Å²) in [5.74, 6) is 0.775. The summed E-state index contributed by atoms with van der Waals surface area (Å²) in [5.41, 5.74) is 0.855. The van der Waals surface area contributed by atoms with Gasteiger partial charge in [-0.3, -0.25) is 0 Å². The summed E-state index contributed by atoms with van der Waals surface area (Å²) in [6, 6.07) is 6.61. The fourth-order valence-corrected chi connectivity index (χ4v) is 2.46. The fourth-order valence-electron chi connectivity index (χ4n) is 1.97. The Balaban J connectivity index is 1.65. The minimum Gasteiger partial charge on any atom is -0.508 e. The summed E-state index contributed by atoms with van der Waals surface area (Å²) in [6.45, 7) is 0. The Bertz CT molecular complexity index is 832. The molecule has 0 spiro atoms. The molecule has 1 aliphatic rings. The lowest BCUT2D eigenvalue weighted by molar-refractivity contribution is 0.0855. The lowest BCUT2D eigenvalue weighted by Gasteiger charge is -2.08. The van der Waals surface area contributed by atoms with Crippen LogP contribution in [0.4, 0.5) is 0 Å². The van der Waals surface area contributed by atoms with E-state index >= 15 is 0 Å². The number of sulfone groups is 1. The van der Waals surface area contributed by atoms with Gasteiger partial charge < -0.3 is 14.7 Å². The van der Waals surface area contributed by atoms with Crippen LogP contribution >= 0.6 is 0 Å². The molecular weight excluding hydrogens is 322 g/mol. The third kappa shape index (κ3) is 3.57. The van der Waals surface area contributed by atoms with Crippen molar-refractivity contribution in [3.05, 3.63) is 42.2 Å². The van der Waals surface area contributed by atoms with Gasteiger partial charge in [0.2, 0.25) is 20.9 Å². The molecule has 1 aromatic carbocycles. The van der Waals surface area contributed by atoms with E-state index in [1.807, 2.05) is 0 Å². The van der Waals surface area contributed by atoms with E-state index in [0.29, 0.717) is 12.3 Å².